The Bertz CT molecular complexity index is 854. The van der Waals surface area contributed by atoms with Crippen LogP contribution in [0.5, 0.6) is 0 Å². The number of carbonyl (C=O) groups is 1. The molecule has 3 aromatic rings. The fourth-order valence-electron chi connectivity index (χ4n) is 3.17. The Morgan fingerprint density at radius 2 is 1.75 bits per heavy atom. The maximum Gasteiger partial charge on any atom is 0.227 e. The Morgan fingerprint density at radius 3 is 2.58 bits per heavy atom. The van der Waals surface area contributed by atoms with Gasteiger partial charge in [-0.3, -0.25) is 4.79 Å². The lowest BCUT2D eigenvalue weighted by Gasteiger charge is -2.28. The van der Waals surface area contributed by atoms with Crippen molar-refractivity contribution in [1.29, 1.82) is 0 Å². The molecule has 1 aliphatic heterocycles. The first-order valence-corrected chi connectivity index (χ1v) is 8.23. The van der Waals surface area contributed by atoms with Gasteiger partial charge in [0.15, 0.2) is 0 Å². The van der Waals surface area contributed by atoms with Crippen molar-refractivity contribution in [2.75, 3.05) is 6.54 Å². The number of hydrogen-bond donors (Lipinski definition) is 0. The van der Waals surface area contributed by atoms with E-state index in [0.717, 1.165) is 24.2 Å². The van der Waals surface area contributed by atoms with Gasteiger partial charge in [0.2, 0.25) is 5.91 Å². The average molecular weight is 317 g/mol. The van der Waals surface area contributed by atoms with Crippen LogP contribution in [0.15, 0.2) is 67.0 Å². The van der Waals surface area contributed by atoms with E-state index in [1.807, 2.05) is 52.2 Å². The number of benzene rings is 2. The summed E-state index contributed by atoms with van der Waals surface area (Å²) in [7, 11) is 0. The van der Waals surface area contributed by atoms with Gasteiger partial charge in [-0.25, -0.2) is 4.68 Å². The molecule has 0 aliphatic carbocycles. The van der Waals surface area contributed by atoms with E-state index < -0.39 is 0 Å². The number of aromatic nitrogens is 2. The maximum atomic E-state index is 12.6. The highest BCUT2D eigenvalue weighted by molar-refractivity contribution is 5.79. The Kier molecular flexibility index (Phi) is 3.87. The van der Waals surface area contributed by atoms with Crippen LogP contribution < -0.4 is 0 Å². The molecule has 1 aliphatic rings. The van der Waals surface area contributed by atoms with Crippen molar-refractivity contribution < 1.29 is 4.79 Å². The van der Waals surface area contributed by atoms with Gasteiger partial charge < -0.3 is 4.90 Å². The largest absolute Gasteiger partial charge is 0.338 e. The number of nitrogens with zero attached hydrogens (tertiary/aromatic N) is 3. The molecule has 4 rings (SSSR count). The van der Waals surface area contributed by atoms with E-state index in [4.69, 9.17) is 0 Å². The summed E-state index contributed by atoms with van der Waals surface area (Å²) < 4.78 is 1.81. The zero-order valence-electron chi connectivity index (χ0n) is 13.4. The summed E-state index contributed by atoms with van der Waals surface area (Å²) in [6.07, 6.45) is 5.05. The van der Waals surface area contributed by atoms with Crippen molar-refractivity contribution in [2.24, 2.45) is 0 Å². The van der Waals surface area contributed by atoms with Crippen molar-refractivity contribution in [3.05, 3.63) is 83.7 Å². The maximum absolute atomic E-state index is 12.6. The summed E-state index contributed by atoms with van der Waals surface area (Å²) in [4.78, 5) is 14.6. The summed E-state index contributed by atoms with van der Waals surface area (Å²) >= 11 is 0. The summed E-state index contributed by atoms with van der Waals surface area (Å²) in [5, 5.41) is 4.37. The van der Waals surface area contributed by atoms with Crippen molar-refractivity contribution in [3.8, 4) is 5.69 Å². The van der Waals surface area contributed by atoms with Crippen molar-refractivity contribution >= 4 is 5.91 Å². The van der Waals surface area contributed by atoms with Gasteiger partial charge in [0, 0.05) is 19.3 Å². The van der Waals surface area contributed by atoms with Crippen LogP contribution >= 0.6 is 0 Å². The molecular weight excluding hydrogens is 298 g/mol. The van der Waals surface area contributed by atoms with E-state index in [-0.39, 0.29) is 5.91 Å². The molecular formula is C20H19N3O. The number of para-hydroxylation sites is 1. The Hall–Kier alpha value is -2.88. The van der Waals surface area contributed by atoms with Gasteiger partial charge in [-0.15, -0.1) is 0 Å². The van der Waals surface area contributed by atoms with E-state index in [1.165, 1.54) is 11.1 Å². The van der Waals surface area contributed by atoms with E-state index in [2.05, 4.69) is 23.3 Å². The molecule has 120 valence electrons. The third-order valence-electron chi connectivity index (χ3n) is 4.50. The second-order valence-corrected chi connectivity index (χ2v) is 6.14. The SMILES string of the molecule is O=C(Cc1cnn(-c2ccccc2)c1)N1CCc2ccccc2C1. The first kappa shape index (κ1) is 14.7. The van der Waals surface area contributed by atoms with E-state index in [1.54, 1.807) is 6.20 Å². The first-order chi connectivity index (χ1) is 11.8. The molecule has 4 nitrogen and oxygen atoms in total. The number of hydrogen-bond acceptors (Lipinski definition) is 2. The third kappa shape index (κ3) is 2.95. The molecule has 0 bridgehead atoms. The zero-order valence-corrected chi connectivity index (χ0v) is 13.4. The Labute approximate surface area is 141 Å². The lowest BCUT2D eigenvalue weighted by Crippen LogP contribution is -2.36. The predicted octanol–water partition coefficient (Wildman–Crippen LogP) is 3.00. The molecule has 0 unspecified atom stereocenters. The molecule has 1 aromatic heterocycles. The van der Waals surface area contributed by atoms with Gasteiger partial charge in [-0.2, -0.15) is 5.10 Å². The van der Waals surface area contributed by atoms with Gasteiger partial charge in [0.05, 0.1) is 18.3 Å². The quantitative estimate of drug-likeness (QED) is 0.745. The number of rotatable bonds is 3. The number of carbonyl (C=O) groups excluding carboxylic acids is 1. The summed E-state index contributed by atoms with van der Waals surface area (Å²) in [5.74, 6) is 0.164. The first-order valence-electron chi connectivity index (χ1n) is 8.23. The fourth-order valence-corrected chi connectivity index (χ4v) is 3.17. The van der Waals surface area contributed by atoms with Crippen LogP contribution in [0, 0.1) is 0 Å². The zero-order chi connectivity index (χ0) is 16.4. The molecule has 24 heavy (non-hydrogen) atoms. The minimum atomic E-state index is 0.164. The second-order valence-electron chi connectivity index (χ2n) is 6.14. The highest BCUT2D eigenvalue weighted by atomic mass is 16.2. The molecule has 0 N–H and O–H groups in total. The standard InChI is InChI=1S/C20H19N3O/c24-20(22-11-10-17-6-4-5-7-18(17)15-22)12-16-13-21-23(14-16)19-8-2-1-3-9-19/h1-9,13-14H,10-12,15H2. The van der Waals surface area contributed by atoms with Crippen LogP contribution in [0.4, 0.5) is 0 Å². The topological polar surface area (TPSA) is 38.1 Å². The van der Waals surface area contributed by atoms with Crippen LogP contribution in [0.25, 0.3) is 5.69 Å². The minimum Gasteiger partial charge on any atom is -0.338 e. The van der Waals surface area contributed by atoms with Gasteiger partial charge in [0.1, 0.15) is 0 Å². The van der Waals surface area contributed by atoms with Gasteiger partial charge in [0.25, 0.3) is 0 Å². The highest BCUT2D eigenvalue weighted by Gasteiger charge is 2.20. The molecule has 0 saturated heterocycles. The summed E-state index contributed by atoms with van der Waals surface area (Å²) in [5.41, 5.74) is 4.57. The van der Waals surface area contributed by atoms with E-state index >= 15 is 0 Å². The van der Waals surface area contributed by atoms with E-state index in [9.17, 15) is 4.79 Å². The van der Waals surface area contributed by atoms with Gasteiger partial charge in [-0.05, 0) is 35.2 Å². The number of fused-ring (bicyclic) bond motifs is 1. The smallest absolute Gasteiger partial charge is 0.227 e. The lowest BCUT2D eigenvalue weighted by molar-refractivity contribution is -0.131. The molecule has 0 spiro atoms. The van der Waals surface area contributed by atoms with Crippen molar-refractivity contribution in [2.45, 2.75) is 19.4 Å². The Balaban J connectivity index is 1.45. The van der Waals surface area contributed by atoms with Gasteiger partial charge >= 0.3 is 0 Å². The number of amides is 1. The lowest BCUT2D eigenvalue weighted by atomic mass is 9.99. The molecule has 2 aromatic carbocycles. The Morgan fingerprint density at radius 1 is 1.00 bits per heavy atom. The van der Waals surface area contributed by atoms with Crippen LogP contribution in [0.1, 0.15) is 16.7 Å². The second kappa shape index (κ2) is 6.32. The molecule has 0 atom stereocenters. The fraction of sp³-hybridized carbons (Fsp3) is 0.200. The monoisotopic (exact) mass is 317 g/mol. The van der Waals surface area contributed by atoms with Gasteiger partial charge in [-0.1, -0.05) is 42.5 Å². The van der Waals surface area contributed by atoms with E-state index in [0.29, 0.717) is 13.0 Å². The average Bonchev–Trinajstić information content (AvgIpc) is 3.10. The molecule has 0 fully saturated rings. The van der Waals surface area contributed by atoms with Crippen LogP contribution in [0.3, 0.4) is 0 Å². The third-order valence-corrected chi connectivity index (χ3v) is 4.50. The van der Waals surface area contributed by atoms with Crippen LogP contribution in [0.2, 0.25) is 0 Å². The predicted molar refractivity (Wildman–Crippen MR) is 92.8 cm³/mol. The molecule has 0 radical (unpaired) electrons. The van der Waals surface area contributed by atoms with Crippen molar-refractivity contribution in [1.82, 2.24) is 14.7 Å². The molecule has 1 amide bonds. The molecule has 4 heteroatoms. The molecule has 0 saturated carbocycles. The highest BCUT2D eigenvalue weighted by Crippen LogP contribution is 2.19. The van der Waals surface area contributed by atoms with Crippen LogP contribution in [-0.2, 0) is 24.2 Å². The van der Waals surface area contributed by atoms with Crippen molar-refractivity contribution in [3.63, 3.8) is 0 Å². The summed E-state index contributed by atoms with van der Waals surface area (Å²) in [6.45, 7) is 1.50. The normalized spacial score (nSPS) is 13.6. The molecule has 2 heterocycles. The summed E-state index contributed by atoms with van der Waals surface area (Å²) in [6, 6.07) is 18.3. The van der Waals surface area contributed by atoms with Crippen LogP contribution in [-0.4, -0.2) is 27.1 Å². The minimum absolute atomic E-state index is 0.164.